The maximum absolute atomic E-state index is 11.1. The van der Waals surface area contributed by atoms with Crippen molar-refractivity contribution in [1.82, 2.24) is 10.6 Å². The minimum Gasteiger partial charge on any atom is -0.454 e. The van der Waals surface area contributed by atoms with Crippen LogP contribution in [0.25, 0.3) is 0 Å². The van der Waals surface area contributed by atoms with Crippen LogP contribution in [-0.2, 0) is 6.54 Å². The van der Waals surface area contributed by atoms with Crippen molar-refractivity contribution < 1.29 is 9.21 Å². The number of nitrogens with two attached hydrogens (primary N) is 1. The smallest absolute Gasteiger partial charge is 0.284 e. The molecule has 0 unspecified atom stereocenters. The summed E-state index contributed by atoms with van der Waals surface area (Å²) in [4.78, 5) is 15.6. The SMILES string of the molecule is CCNC(=NCc1ccc(C(N)=O)o1)NC1CCC(C(C)C)CC1.I. The first-order valence-electron chi connectivity index (χ1n) is 8.93. The van der Waals surface area contributed by atoms with Gasteiger partial charge in [0.05, 0.1) is 0 Å². The number of carbonyl (C=O) groups is 1. The molecular weight excluding hydrogens is 431 g/mol. The number of hydrogen-bond donors (Lipinski definition) is 3. The van der Waals surface area contributed by atoms with E-state index < -0.39 is 5.91 Å². The number of rotatable bonds is 6. The molecule has 0 aromatic carbocycles. The van der Waals surface area contributed by atoms with E-state index >= 15 is 0 Å². The van der Waals surface area contributed by atoms with Gasteiger partial charge in [-0.2, -0.15) is 0 Å². The van der Waals surface area contributed by atoms with Crippen molar-refractivity contribution in [2.24, 2.45) is 22.6 Å². The summed E-state index contributed by atoms with van der Waals surface area (Å²) in [5, 5.41) is 6.79. The zero-order valence-electron chi connectivity index (χ0n) is 15.4. The van der Waals surface area contributed by atoms with Crippen molar-refractivity contribution in [1.29, 1.82) is 0 Å². The topological polar surface area (TPSA) is 92.6 Å². The van der Waals surface area contributed by atoms with Crippen molar-refractivity contribution in [2.45, 2.75) is 59.0 Å². The highest BCUT2D eigenvalue weighted by molar-refractivity contribution is 14.0. The van der Waals surface area contributed by atoms with Crippen LogP contribution < -0.4 is 16.4 Å². The molecule has 1 fully saturated rings. The molecule has 0 spiro atoms. The van der Waals surface area contributed by atoms with Crippen LogP contribution in [0.15, 0.2) is 21.5 Å². The fraction of sp³-hybridized carbons (Fsp3) is 0.667. The lowest BCUT2D eigenvalue weighted by atomic mass is 9.80. The molecule has 1 amide bonds. The number of nitrogens with one attached hydrogen (secondary N) is 2. The van der Waals surface area contributed by atoms with Gasteiger partial charge in [-0.25, -0.2) is 4.99 Å². The summed E-state index contributed by atoms with van der Waals surface area (Å²) < 4.78 is 5.37. The normalized spacial score (nSPS) is 20.9. The van der Waals surface area contributed by atoms with Crippen LogP contribution in [0.1, 0.15) is 62.8 Å². The van der Waals surface area contributed by atoms with E-state index in [0.717, 1.165) is 24.3 Å². The van der Waals surface area contributed by atoms with Gasteiger partial charge in [0.2, 0.25) is 0 Å². The summed E-state index contributed by atoms with van der Waals surface area (Å²) in [6, 6.07) is 3.79. The van der Waals surface area contributed by atoms with Gasteiger partial charge in [-0.1, -0.05) is 13.8 Å². The number of amides is 1. The molecule has 6 nitrogen and oxygen atoms in total. The fourth-order valence-corrected chi connectivity index (χ4v) is 3.20. The number of hydrogen-bond acceptors (Lipinski definition) is 3. The first-order valence-corrected chi connectivity index (χ1v) is 8.93. The van der Waals surface area contributed by atoms with E-state index in [0.29, 0.717) is 18.3 Å². The van der Waals surface area contributed by atoms with Crippen LogP contribution in [0.4, 0.5) is 0 Å². The van der Waals surface area contributed by atoms with E-state index in [-0.39, 0.29) is 29.7 Å². The number of carbonyl (C=O) groups excluding carboxylic acids is 1. The number of guanidine groups is 1. The van der Waals surface area contributed by atoms with Gasteiger partial charge < -0.3 is 20.8 Å². The van der Waals surface area contributed by atoms with Crippen molar-refractivity contribution in [2.75, 3.05) is 6.54 Å². The average molecular weight is 462 g/mol. The maximum atomic E-state index is 11.1. The summed E-state index contributed by atoms with van der Waals surface area (Å²) >= 11 is 0. The fourth-order valence-electron chi connectivity index (χ4n) is 3.20. The highest BCUT2D eigenvalue weighted by Gasteiger charge is 2.23. The Bertz CT molecular complexity index is 563. The molecule has 0 atom stereocenters. The van der Waals surface area contributed by atoms with Crippen LogP contribution in [0.3, 0.4) is 0 Å². The monoisotopic (exact) mass is 462 g/mol. The van der Waals surface area contributed by atoms with Crippen LogP contribution in [-0.4, -0.2) is 24.5 Å². The minimum atomic E-state index is -0.558. The molecular formula is C18H31IN4O2. The molecule has 1 heterocycles. The third-order valence-corrected chi connectivity index (χ3v) is 4.70. The van der Waals surface area contributed by atoms with Crippen LogP contribution in [0.5, 0.6) is 0 Å². The first kappa shape index (κ1) is 21.8. The van der Waals surface area contributed by atoms with Crippen LogP contribution >= 0.6 is 24.0 Å². The molecule has 0 aliphatic heterocycles. The number of nitrogens with zero attached hydrogens (tertiary/aromatic N) is 1. The second kappa shape index (κ2) is 10.7. The molecule has 0 bridgehead atoms. The molecule has 142 valence electrons. The van der Waals surface area contributed by atoms with E-state index in [1.54, 1.807) is 12.1 Å². The summed E-state index contributed by atoms with van der Waals surface area (Å²) in [5.74, 6) is 2.65. The Morgan fingerprint density at radius 1 is 1.32 bits per heavy atom. The molecule has 25 heavy (non-hydrogen) atoms. The molecule has 1 aliphatic rings. The van der Waals surface area contributed by atoms with Crippen molar-refractivity contribution >= 4 is 35.8 Å². The van der Waals surface area contributed by atoms with Crippen molar-refractivity contribution in [3.05, 3.63) is 23.7 Å². The molecule has 1 aromatic rings. The molecule has 4 N–H and O–H groups in total. The highest BCUT2D eigenvalue weighted by atomic mass is 127. The van der Waals surface area contributed by atoms with Crippen LogP contribution in [0, 0.1) is 11.8 Å². The third kappa shape index (κ3) is 6.87. The molecule has 7 heteroatoms. The zero-order chi connectivity index (χ0) is 17.5. The van der Waals surface area contributed by atoms with Gasteiger partial charge in [0, 0.05) is 12.6 Å². The van der Waals surface area contributed by atoms with Crippen molar-refractivity contribution in [3.63, 3.8) is 0 Å². The van der Waals surface area contributed by atoms with Gasteiger partial charge in [-0.3, -0.25) is 4.79 Å². The molecule has 2 rings (SSSR count). The Balaban J connectivity index is 0.00000312. The Hall–Kier alpha value is -1.25. The largest absolute Gasteiger partial charge is 0.454 e. The number of aliphatic imine (C=N–C) groups is 1. The number of halogens is 1. The van der Waals surface area contributed by atoms with Gasteiger partial charge in [0.25, 0.3) is 5.91 Å². The summed E-state index contributed by atoms with van der Waals surface area (Å²) in [6.07, 6.45) is 4.91. The summed E-state index contributed by atoms with van der Waals surface area (Å²) in [6.45, 7) is 7.86. The second-order valence-electron chi connectivity index (χ2n) is 6.83. The zero-order valence-corrected chi connectivity index (χ0v) is 17.7. The lowest BCUT2D eigenvalue weighted by Gasteiger charge is -2.32. The van der Waals surface area contributed by atoms with Crippen molar-refractivity contribution in [3.8, 4) is 0 Å². The predicted molar refractivity (Wildman–Crippen MR) is 111 cm³/mol. The van der Waals surface area contributed by atoms with Gasteiger partial charge in [-0.15, -0.1) is 24.0 Å². The third-order valence-electron chi connectivity index (χ3n) is 4.70. The van der Waals surface area contributed by atoms with E-state index in [2.05, 4.69) is 29.5 Å². The van der Waals surface area contributed by atoms with Gasteiger partial charge in [0.1, 0.15) is 12.3 Å². The average Bonchev–Trinajstić information content (AvgIpc) is 3.02. The highest BCUT2D eigenvalue weighted by Crippen LogP contribution is 2.29. The van der Waals surface area contributed by atoms with E-state index in [1.807, 2.05) is 6.92 Å². The lowest BCUT2D eigenvalue weighted by molar-refractivity contribution is 0.0972. The van der Waals surface area contributed by atoms with Gasteiger partial charge in [-0.05, 0) is 56.6 Å². The quantitative estimate of drug-likeness (QED) is 0.344. The maximum Gasteiger partial charge on any atom is 0.284 e. The number of furan rings is 1. The second-order valence-corrected chi connectivity index (χ2v) is 6.83. The standard InChI is InChI=1S/C18H30N4O2.HI/c1-4-20-18(21-11-15-9-10-16(24-15)17(19)23)22-14-7-5-13(6-8-14)12(2)3;/h9-10,12-14H,4-8,11H2,1-3H3,(H2,19,23)(H2,20,21,22);1H. The lowest BCUT2D eigenvalue weighted by Crippen LogP contribution is -2.45. The number of primary amides is 1. The Morgan fingerprint density at radius 3 is 2.52 bits per heavy atom. The van der Waals surface area contributed by atoms with E-state index in [9.17, 15) is 4.79 Å². The van der Waals surface area contributed by atoms with Gasteiger partial charge in [0.15, 0.2) is 11.7 Å². The minimum absolute atomic E-state index is 0. The van der Waals surface area contributed by atoms with Gasteiger partial charge >= 0.3 is 0 Å². The Morgan fingerprint density at radius 2 is 2.00 bits per heavy atom. The molecule has 1 aliphatic carbocycles. The van der Waals surface area contributed by atoms with E-state index in [1.165, 1.54) is 25.7 Å². The summed E-state index contributed by atoms with van der Waals surface area (Å²) in [5.41, 5.74) is 5.19. The molecule has 0 saturated heterocycles. The summed E-state index contributed by atoms with van der Waals surface area (Å²) in [7, 11) is 0. The van der Waals surface area contributed by atoms with Crippen LogP contribution in [0.2, 0.25) is 0 Å². The van der Waals surface area contributed by atoms with E-state index in [4.69, 9.17) is 10.2 Å². The Labute approximate surface area is 167 Å². The Kier molecular flexibility index (Phi) is 9.31. The molecule has 1 saturated carbocycles. The predicted octanol–water partition coefficient (Wildman–Crippen LogP) is 3.27. The molecule has 1 aromatic heterocycles. The molecule has 0 radical (unpaired) electrons. The first-order chi connectivity index (χ1) is 11.5.